The Morgan fingerprint density at radius 1 is 0.962 bits per heavy atom. The van der Waals surface area contributed by atoms with Gasteiger partial charge in [-0.3, -0.25) is 4.90 Å². The molecule has 1 aromatic rings. The van der Waals surface area contributed by atoms with Gasteiger partial charge in [-0.2, -0.15) is 0 Å². The van der Waals surface area contributed by atoms with E-state index in [1.807, 2.05) is 0 Å². The Morgan fingerprint density at radius 3 is 2.15 bits per heavy atom. The molecule has 4 heteroatoms. The van der Waals surface area contributed by atoms with Gasteiger partial charge in [0, 0.05) is 44.8 Å². The molecule has 0 aromatic heterocycles. The van der Waals surface area contributed by atoms with E-state index in [1.54, 1.807) is 0 Å². The lowest BCUT2D eigenvalue weighted by Gasteiger charge is -2.32. The molecule has 0 bridgehead atoms. The van der Waals surface area contributed by atoms with Crippen molar-refractivity contribution in [3.05, 3.63) is 29.8 Å². The van der Waals surface area contributed by atoms with E-state index in [9.17, 15) is 0 Å². The van der Waals surface area contributed by atoms with Crippen LogP contribution in [0.15, 0.2) is 24.3 Å². The summed E-state index contributed by atoms with van der Waals surface area (Å²) in [7, 11) is 2.21. The summed E-state index contributed by atoms with van der Waals surface area (Å²) in [5.41, 5.74) is 1.41. The number of nitrogens with zero attached hydrogens (tertiary/aromatic N) is 3. The standard InChI is InChI=1S/C22H39N3O/c1-19(2)25(20(3)4)17-18-26-22-10-8-21(9-11-22)7-6-12-24-15-13-23(5)14-16-24/h8-11,19-20H,6-7,12-18H2,1-5H3. The molecule has 0 spiro atoms. The molecule has 0 amide bonds. The average Bonchev–Trinajstić information content (AvgIpc) is 2.61. The Labute approximate surface area is 161 Å². The molecular weight excluding hydrogens is 322 g/mol. The van der Waals surface area contributed by atoms with E-state index < -0.39 is 0 Å². The summed E-state index contributed by atoms with van der Waals surface area (Å²) < 4.78 is 5.95. The maximum absolute atomic E-state index is 5.95. The van der Waals surface area contributed by atoms with Crippen LogP contribution in [0.5, 0.6) is 5.75 Å². The molecule has 1 aliphatic rings. The van der Waals surface area contributed by atoms with E-state index in [4.69, 9.17) is 4.74 Å². The van der Waals surface area contributed by atoms with Gasteiger partial charge in [0.25, 0.3) is 0 Å². The van der Waals surface area contributed by atoms with E-state index in [-0.39, 0.29) is 0 Å². The number of rotatable bonds is 10. The van der Waals surface area contributed by atoms with Gasteiger partial charge in [0.2, 0.25) is 0 Å². The Hall–Kier alpha value is -1.10. The summed E-state index contributed by atoms with van der Waals surface area (Å²) in [6, 6.07) is 9.81. The Kier molecular flexibility index (Phi) is 8.89. The van der Waals surface area contributed by atoms with Crippen LogP contribution in [0.4, 0.5) is 0 Å². The van der Waals surface area contributed by atoms with E-state index >= 15 is 0 Å². The molecule has 1 fully saturated rings. The van der Waals surface area contributed by atoms with Gasteiger partial charge in [0.15, 0.2) is 0 Å². The van der Waals surface area contributed by atoms with Gasteiger partial charge >= 0.3 is 0 Å². The fraction of sp³-hybridized carbons (Fsp3) is 0.727. The molecule has 0 unspecified atom stereocenters. The number of ether oxygens (including phenoxy) is 1. The van der Waals surface area contributed by atoms with Crippen LogP contribution in [-0.2, 0) is 6.42 Å². The molecule has 4 nitrogen and oxygen atoms in total. The first-order chi connectivity index (χ1) is 12.5. The summed E-state index contributed by atoms with van der Waals surface area (Å²) in [6.07, 6.45) is 2.39. The zero-order chi connectivity index (χ0) is 18.9. The highest BCUT2D eigenvalue weighted by Gasteiger charge is 2.13. The number of hydrogen-bond acceptors (Lipinski definition) is 4. The molecule has 1 saturated heterocycles. The number of piperazine rings is 1. The highest BCUT2D eigenvalue weighted by molar-refractivity contribution is 5.27. The van der Waals surface area contributed by atoms with Gasteiger partial charge in [-0.15, -0.1) is 0 Å². The van der Waals surface area contributed by atoms with Gasteiger partial charge in [-0.05, 0) is 71.8 Å². The minimum absolute atomic E-state index is 0.557. The first-order valence-electron chi connectivity index (χ1n) is 10.3. The molecule has 1 heterocycles. The normalized spacial score (nSPS) is 16.8. The van der Waals surface area contributed by atoms with Crippen LogP contribution in [0, 0.1) is 0 Å². The topological polar surface area (TPSA) is 19.0 Å². The Morgan fingerprint density at radius 2 is 1.58 bits per heavy atom. The van der Waals surface area contributed by atoms with E-state index in [2.05, 4.69) is 73.7 Å². The first kappa shape index (κ1) is 21.2. The van der Waals surface area contributed by atoms with Gasteiger partial charge in [-0.25, -0.2) is 0 Å². The number of likely N-dealkylation sites (N-methyl/N-ethyl adjacent to an activating group) is 1. The zero-order valence-electron chi connectivity index (χ0n) is 17.6. The maximum atomic E-state index is 5.95. The van der Waals surface area contributed by atoms with Crippen molar-refractivity contribution >= 4 is 0 Å². The third-order valence-electron chi connectivity index (χ3n) is 5.40. The molecule has 0 atom stereocenters. The van der Waals surface area contributed by atoms with Gasteiger partial charge in [0.05, 0.1) is 0 Å². The monoisotopic (exact) mass is 361 g/mol. The third-order valence-corrected chi connectivity index (χ3v) is 5.40. The molecule has 0 radical (unpaired) electrons. The van der Waals surface area contributed by atoms with E-state index in [1.165, 1.54) is 44.7 Å². The minimum atomic E-state index is 0.557. The van der Waals surface area contributed by atoms with Crippen molar-refractivity contribution in [2.24, 2.45) is 0 Å². The summed E-state index contributed by atoms with van der Waals surface area (Å²) in [5, 5.41) is 0. The van der Waals surface area contributed by atoms with Crippen molar-refractivity contribution < 1.29 is 4.74 Å². The van der Waals surface area contributed by atoms with Crippen molar-refractivity contribution in [2.75, 3.05) is 52.9 Å². The SMILES string of the molecule is CC(C)N(CCOc1ccc(CCCN2CCN(C)CC2)cc1)C(C)C. The number of aryl methyl sites for hydroxylation is 1. The molecule has 0 aliphatic carbocycles. The zero-order valence-corrected chi connectivity index (χ0v) is 17.6. The summed E-state index contributed by atoms with van der Waals surface area (Å²) in [6.45, 7) is 16.8. The highest BCUT2D eigenvalue weighted by atomic mass is 16.5. The smallest absolute Gasteiger partial charge is 0.119 e. The summed E-state index contributed by atoms with van der Waals surface area (Å²) >= 11 is 0. The van der Waals surface area contributed by atoms with Crippen LogP contribution >= 0.6 is 0 Å². The van der Waals surface area contributed by atoms with E-state index in [0.717, 1.165) is 25.3 Å². The lowest BCUT2D eigenvalue weighted by atomic mass is 10.1. The molecule has 1 aromatic carbocycles. The predicted molar refractivity (Wildman–Crippen MR) is 111 cm³/mol. The highest BCUT2D eigenvalue weighted by Crippen LogP contribution is 2.14. The van der Waals surface area contributed by atoms with E-state index in [0.29, 0.717) is 12.1 Å². The second-order valence-corrected chi connectivity index (χ2v) is 8.17. The molecule has 0 N–H and O–H groups in total. The molecule has 26 heavy (non-hydrogen) atoms. The average molecular weight is 362 g/mol. The summed E-state index contributed by atoms with van der Waals surface area (Å²) in [4.78, 5) is 7.47. The van der Waals surface area contributed by atoms with Crippen molar-refractivity contribution in [2.45, 2.75) is 52.6 Å². The fourth-order valence-electron chi connectivity index (χ4n) is 3.71. The predicted octanol–water partition coefficient (Wildman–Crippen LogP) is 3.36. The molecule has 1 aliphatic heterocycles. The van der Waals surface area contributed by atoms with Crippen LogP contribution in [0.25, 0.3) is 0 Å². The number of hydrogen-bond donors (Lipinski definition) is 0. The minimum Gasteiger partial charge on any atom is -0.492 e. The number of benzene rings is 1. The Bertz CT molecular complexity index is 485. The largest absolute Gasteiger partial charge is 0.492 e. The van der Waals surface area contributed by atoms with Crippen molar-refractivity contribution in [1.82, 2.24) is 14.7 Å². The van der Waals surface area contributed by atoms with Crippen LogP contribution in [-0.4, -0.2) is 79.7 Å². The Balaban J connectivity index is 1.66. The lowest BCUT2D eigenvalue weighted by molar-refractivity contribution is 0.142. The molecule has 2 rings (SSSR count). The van der Waals surface area contributed by atoms with Gasteiger partial charge in [0.1, 0.15) is 12.4 Å². The maximum Gasteiger partial charge on any atom is 0.119 e. The van der Waals surface area contributed by atoms with Crippen LogP contribution < -0.4 is 4.74 Å². The molecule has 0 saturated carbocycles. The van der Waals surface area contributed by atoms with Crippen LogP contribution in [0.3, 0.4) is 0 Å². The van der Waals surface area contributed by atoms with Crippen molar-refractivity contribution in [3.63, 3.8) is 0 Å². The molecule has 148 valence electrons. The van der Waals surface area contributed by atoms with Crippen molar-refractivity contribution in [1.29, 1.82) is 0 Å². The van der Waals surface area contributed by atoms with Gasteiger partial charge in [-0.1, -0.05) is 12.1 Å². The second kappa shape index (κ2) is 10.9. The second-order valence-electron chi connectivity index (χ2n) is 8.17. The quantitative estimate of drug-likeness (QED) is 0.636. The summed E-state index contributed by atoms with van der Waals surface area (Å²) in [5.74, 6) is 0.986. The van der Waals surface area contributed by atoms with Gasteiger partial charge < -0.3 is 14.5 Å². The fourth-order valence-corrected chi connectivity index (χ4v) is 3.71. The van der Waals surface area contributed by atoms with Crippen LogP contribution in [0.1, 0.15) is 39.7 Å². The first-order valence-corrected chi connectivity index (χ1v) is 10.3. The lowest BCUT2D eigenvalue weighted by Crippen LogP contribution is -2.44. The molecular formula is C22H39N3O. The van der Waals surface area contributed by atoms with Crippen LogP contribution in [0.2, 0.25) is 0 Å². The third kappa shape index (κ3) is 7.26. The van der Waals surface area contributed by atoms with Crippen molar-refractivity contribution in [3.8, 4) is 5.75 Å².